The van der Waals surface area contributed by atoms with E-state index in [1.165, 1.54) is 22.4 Å². The summed E-state index contributed by atoms with van der Waals surface area (Å²) in [6.07, 6.45) is 1.82. The van der Waals surface area contributed by atoms with Gasteiger partial charge in [-0.3, -0.25) is 0 Å². The van der Waals surface area contributed by atoms with E-state index >= 15 is 0 Å². The zero-order valence-corrected chi connectivity index (χ0v) is 30.6. The van der Waals surface area contributed by atoms with Crippen LogP contribution in [0.3, 0.4) is 0 Å². The number of anilines is 4. The predicted octanol–water partition coefficient (Wildman–Crippen LogP) is 11.6. The molecular formula is C45H33N4OPt-3. The smallest absolute Gasteiger partial charge is 0.0444 e. The van der Waals surface area contributed by atoms with Crippen molar-refractivity contribution in [2.75, 3.05) is 9.80 Å². The van der Waals surface area contributed by atoms with Crippen molar-refractivity contribution in [3.8, 4) is 28.4 Å². The molecule has 0 saturated heterocycles. The van der Waals surface area contributed by atoms with E-state index in [2.05, 4.69) is 151 Å². The van der Waals surface area contributed by atoms with Gasteiger partial charge in [0, 0.05) is 67.0 Å². The number of ether oxygens (including phenoxy) is 1. The van der Waals surface area contributed by atoms with Crippen LogP contribution in [0, 0.1) is 39.6 Å². The number of aromatic nitrogens is 2. The first kappa shape index (κ1) is 32.6. The van der Waals surface area contributed by atoms with Crippen molar-refractivity contribution in [2.24, 2.45) is 0 Å². The molecule has 8 aromatic rings. The van der Waals surface area contributed by atoms with Gasteiger partial charge in [-0.25, -0.2) is 0 Å². The van der Waals surface area contributed by atoms with Crippen LogP contribution in [0.1, 0.15) is 16.7 Å². The molecule has 1 aliphatic heterocycles. The topological polar surface area (TPSA) is 33.5 Å². The van der Waals surface area contributed by atoms with Crippen LogP contribution in [-0.2, 0) is 21.1 Å². The Morgan fingerprint density at radius 2 is 1.33 bits per heavy atom. The average molecular weight is 841 g/mol. The van der Waals surface area contributed by atoms with E-state index in [1.54, 1.807) is 0 Å². The summed E-state index contributed by atoms with van der Waals surface area (Å²) in [6.45, 7) is 8.66. The molecule has 6 aromatic carbocycles. The number of para-hydroxylation sites is 4. The second-order valence-electron chi connectivity index (χ2n) is 12.8. The van der Waals surface area contributed by atoms with Crippen LogP contribution in [0.2, 0.25) is 0 Å². The molecule has 0 saturated carbocycles. The van der Waals surface area contributed by atoms with Crippen molar-refractivity contribution in [1.82, 2.24) is 9.55 Å². The zero-order valence-electron chi connectivity index (χ0n) is 28.4. The van der Waals surface area contributed by atoms with Gasteiger partial charge in [0.1, 0.15) is 0 Å². The Kier molecular flexibility index (Phi) is 8.45. The van der Waals surface area contributed by atoms with Crippen molar-refractivity contribution in [3.63, 3.8) is 0 Å². The Morgan fingerprint density at radius 3 is 2.10 bits per heavy atom. The minimum atomic E-state index is 0. The van der Waals surface area contributed by atoms with Gasteiger partial charge >= 0.3 is 0 Å². The number of hydrogen-bond donors (Lipinski definition) is 0. The van der Waals surface area contributed by atoms with Gasteiger partial charge in [-0.15, -0.1) is 36.1 Å². The summed E-state index contributed by atoms with van der Waals surface area (Å²) in [6, 6.07) is 53.2. The van der Waals surface area contributed by atoms with E-state index in [0.29, 0.717) is 11.5 Å². The monoisotopic (exact) mass is 840 g/mol. The summed E-state index contributed by atoms with van der Waals surface area (Å²) in [4.78, 5) is 9.22. The molecule has 2 aromatic heterocycles. The number of aryl methyl sites for hydroxylation is 3. The van der Waals surface area contributed by atoms with Crippen LogP contribution in [0.25, 0.3) is 38.8 Å². The SMILES string of the molecule is Cc1cc(C)c(N2[CH-]N(c3[c-]c(Oc4[c-]c(-c5ccccn5)c5c6ccccc6n(-c6ccccc6)c5c4)ccc3)c3ccccc32)c(C)c1.[Pt]. The van der Waals surface area contributed by atoms with E-state index in [1.807, 2.05) is 42.6 Å². The van der Waals surface area contributed by atoms with Crippen LogP contribution in [-0.4, -0.2) is 9.55 Å². The predicted molar refractivity (Wildman–Crippen MR) is 204 cm³/mol. The molecule has 0 fully saturated rings. The quantitative estimate of drug-likeness (QED) is 0.156. The van der Waals surface area contributed by atoms with Crippen LogP contribution in [0.5, 0.6) is 11.5 Å². The molecule has 0 amide bonds. The van der Waals surface area contributed by atoms with Gasteiger partial charge in [0.2, 0.25) is 0 Å². The third kappa shape index (κ3) is 5.68. The van der Waals surface area contributed by atoms with Gasteiger partial charge in [-0.2, -0.15) is 6.07 Å². The Bertz CT molecular complexity index is 2520. The normalized spacial score (nSPS) is 12.3. The fourth-order valence-electron chi connectivity index (χ4n) is 7.41. The van der Waals surface area contributed by atoms with Crippen LogP contribution < -0.4 is 14.5 Å². The molecule has 0 unspecified atom stereocenters. The van der Waals surface area contributed by atoms with Crippen molar-refractivity contribution in [1.29, 1.82) is 0 Å². The molecule has 9 rings (SSSR count). The van der Waals surface area contributed by atoms with Gasteiger partial charge in [0.15, 0.2) is 0 Å². The van der Waals surface area contributed by atoms with E-state index in [0.717, 1.165) is 55.8 Å². The second-order valence-corrected chi connectivity index (χ2v) is 12.8. The summed E-state index contributed by atoms with van der Waals surface area (Å²) in [5, 5.41) is 2.22. The van der Waals surface area contributed by atoms with Crippen molar-refractivity contribution < 1.29 is 25.8 Å². The van der Waals surface area contributed by atoms with Crippen LogP contribution in [0.15, 0.2) is 140 Å². The summed E-state index contributed by atoms with van der Waals surface area (Å²) < 4.78 is 8.97. The van der Waals surface area contributed by atoms with Crippen molar-refractivity contribution in [3.05, 3.63) is 175 Å². The van der Waals surface area contributed by atoms with Gasteiger partial charge in [-0.1, -0.05) is 95.9 Å². The summed E-state index contributed by atoms with van der Waals surface area (Å²) >= 11 is 0. The first-order valence-electron chi connectivity index (χ1n) is 16.8. The molecule has 51 heavy (non-hydrogen) atoms. The van der Waals surface area contributed by atoms with Gasteiger partial charge in [0.25, 0.3) is 0 Å². The summed E-state index contributed by atoms with van der Waals surface area (Å²) in [5.74, 6) is 1.18. The number of pyridine rings is 1. The number of benzene rings is 6. The maximum atomic E-state index is 6.68. The van der Waals surface area contributed by atoms with Gasteiger partial charge in [0.05, 0.1) is 0 Å². The molecule has 1 aliphatic rings. The second kappa shape index (κ2) is 13.2. The summed E-state index contributed by atoms with van der Waals surface area (Å²) in [7, 11) is 0. The summed E-state index contributed by atoms with van der Waals surface area (Å²) in [5.41, 5.74) is 12.9. The Balaban J connectivity index is 0.00000374. The first-order valence-corrected chi connectivity index (χ1v) is 16.8. The molecule has 0 N–H and O–H groups in total. The van der Waals surface area contributed by atoms with Crippen LogP contribution >= 0.6 is 0 Å². The Labute approximate surface area is 312 Å². The maximum absolute atomic E-state index is 6.68. The van der Waals surface area contributed by atoms with Crippen molar-refractivity contribution in [2.45, 2.75) is 20.8 Å². The fraction of sp³-hybridized carbons (Fsp3) is 0.0667. The van der Waals surface area contributed by atoms with E-state index in [9.17, 15) is 0 Å². The average Bonchev–Trinajstić information content (AvgIpc) is 3.68. The Morgan fingerprint density at radius 1 is 0.627 bits per heavy atom. The van der Waals surface area contributed by atoms with Crippen LogP contribution in [0.4, 0.5) is 22.7 Å². The molecule has 3 heterocycles. The molecule has 0 spiro atoms. The minimum Gasteiger partial charge on any atom is -0.503 e. The number of fused-ring (bicyclic) bond motifs is 4. The largest absolute Gasteiger partial charge is 0.503 e. The minimum absolute atomic E-state index is 0. The third-order valence-corrected chi connectivity index (χ3v) is 9.35. The van der Waals surface area contributed by atoms with E-state index < -0.39 is 0 Å². The zero-order chi connectivity index (χ0) is 33.8. The van der Waals surface area contributed by atoms with Gasteiger partial charge < -0.3 is 24.1 Å². The third-order valence-electron chi connectivity index (χ3n) is 9.35. The number of rotatable bonds is 6. The Hall–Kier alpha value is -5.64. The molecule has 0 aliphatic carbocycles. The number of nitrogens with zero attached hydrogens (tertiary/aromatic N) is 4. The van der Waals surface area contributed by atoms with Gasteiger partial charge in [-0.05, 0) is 84.9 Å². The molecule has 0 radical (unpaired) electrons. The van der Waals surface area contributed by atoms with Crippen molar-refractivity contribution >= 4 is 44.6 Å². The molecule has 252 valence electrons. The maximum Gasteiger partial charge on any atom is 0.0444 e. The molecule has 5 nitrogen and oxygen atoms in total. The first-order chi connectivity index (χ1) is 24.5. The van der Waals surface area contributed by atoms with E-state index in [4.69, 9.17) is 9.72 Å². The standard InChI is InChI=1S/C45H33N4O.Pt/c1-30-24-31(2)45(32(3)25-30)48-29-47(41-21-9-10-22-42(41)48)34-16-13-17-35(26-34)50-36-27-38(39-19-11-12-23-46-39)44-37-18-7-8-20-40(37)49(43(44)28-36)33-14-5-4-6-15-33;/h4-25,28-29H,1-3H3;/q-3;. The molecular weight excluding hydrogens is 808 g/mol. The molecule has 6 heteroatoms. The fourth-order valence-corrected chi connectivity index (χ4v) is 7.41. The molecule has 0 atom stereocenters. The van der Waals surface area contributed by atoms with E-state index in [-0.39, 0.29) is 21.1 Å². The number of hydrogen-bond acceptors (Lipinski definition) is 4. The molecule has 0 bridgehead atoms.